The van der Waals surface area contributed by atoms with E-state index in [-0.39, 0.29) is 16.8 Å². The first-order chi connectivity index (χ1) is 8.06. The zero-order valence-corrected chi connectivity index (χ0v) is 10.7. The van der Waals surface area contributed by atoms with Crippen LogP contribution in [-0.4, -0.2) is 10.2 Å². The lowest BCUT2D eigenvalue weighted by Gasteiger charge is -2.07. The van der Waals surface area contributed by atoms with Crippen LogP contribution in [0.3, 0.4) is 0 Å². The van der Waals surface area contributed by atoms with E-state index in [9.17, 15) is 8.78 Å². The maximum absolute atomic E-state index is 13.4. The van der Waals surface area contributed by atoms with Gasteiger partial charge in [0.1, 0.15) is 12.4 Å². The van der Waals surface area contributed by atoms with Crippen molar-refractivity contribution in [1.29, 1.82) is 0 Å². The van der Waals surface area contributed by atoms with E-state index in [0.717, 1.165) is 23.5 Å². The number of halogens is 3. The Morgan fingerprint density at radius 2 is 2.12 bits per heavy atom. The van der Waals surface area contributed by atoms with Crippen LogP contribution in [0.25, 0.3) is 0 Å². The van der Waals surface area contributed by atoms with Crippen LogP contribution in [0, 0.1) is 11.6 Å². The molecule has 1 heterocycles. The van der Waals surface area contributed by atoms with E-state index in [1.165, 1.54) is 0 Å². The molecule has 0 unspecified atom stereocenters. The molecule has 0 aliphatic rings. The molecule has 1 aromatic heterocycles. The van der Waals surface area contributed by atoms with E-state index in [4.69, 9.17) is 10.5 Å². The molecule has 2 aromatic rings. The summed E-state index contributed by atoms with van der Waals surface area (Å²) in [5.74, 6) is -1.53. The summed E-state index contributed by atoms with van der Waals surface area (Å²) >= 11 is 4.15. The molecular weight excluding hydrogens is 316 g/mol. The Bertz CT molecular complexity index is 526. The molecule has 0 bridgehead atoms. The summed E-state index contributed by atoms with van der Waals surface area (Å²) in [6.45, 7) is 0.0238. The molecule has 90 valence electrons. The van der Waals surface area contributed by atoms with Crippen LogP contribution < -0.4 is 10.5 Å². The van der Waals surface area contributed by atoms with Gasteiger partial charge in [0.05, 0.1) is 4.47 Å². The molecule has 0 radical (unpaired) electrons. The van der Waals surface area contributed by atoms with Crippen LogP contribution in [0.5, 0.6) is 5.75 Å². The van der Waals surface area contributed by atoms with Gasteiger partial charge in [0, 0.05) is 6.07 Å². The molecule has 8 heteroatoms. The zero-order chi connectivity index (χ0) is 12.4. The first-order valence-electron chi connectivity index (χ1n) is 4.41. The maximum atomic E-state index is 13.4. The van der Waals surface area contributed by atoms with Crippen LogP contribution in [0.2, 0.25) is 0 Å². The number of benzene rings is 1. The molecule has 0 spiro atoms. The molecule has 0 aliphatic heterocycles. The maximum Gasteiger partial charge on any atom is 0.203 e. The topological polar surface area (TPSA) is 61.0 Å². The monoisotopic (exact) mass is 321 g/mol. The molecule has 0 fully saturated rings. The second-order valence-corrected chi connectivity index (χ2v) is 4.97. The van der Waals surface area contributed by atoms with Crippen LogP contribution in [-0.2, 0) is 6.61 Å². The van der Waals surface area contributed by atoms with Crippen molar-refractivity contribution < 1.29 is 13.5 Å². The Morgan fingerprint density at radius 3 is 2.71 bits per heavy atom. The number of hydrogen-bond acceptors (Lipinski definition) is 5. The number of anilines is 1. The van der Waals surface area contributed by atoms with Crippen LogP contribution in [0.4, 0.5) is 13.9 Å². The van der Waals surface area contributed by atoms with Gasteiger partial charge in [-0.15, -0.1) is 10.2 Å². The SMILES string of the molecule is Nc1nnc(COc2c(F)cc(F)cc2Br)s1. The van der Waals surface area contributed by atoms with Crippen LogP contribution >= 0.6 is 27.3 Å². The minimum atomic E-state index is -0.783. The lowest BCUT2D eigenvalue weighted by molar-refractivity contribution is 0.285. The van der Waals surface area contributed by atoms with E-state index < -0.39 is 11.6 Å². The Morgan fingerprint density at radius 1 is 1.35 bits per heavy atom. The second kappa shape index (κ2) is 4.92. The molecule has 4 nitrogen and oxygen atoms in total. The number of aromatic nitrogens is 2. The van der Waals surface area contributed by atoms with Gasteiger partial charge in [0.25, 0.3) is 0 Å². The summed E-state index contributed by atoms with van der Waals surface area (Å²) < 4.78 is 31.6. The Balaban J connectivity index is 2.14. The highest BCUT2D eigenvalue weighted by Gasteiger charge is 2.12. The summed E-state index contributed by atoms with van der Waals surface area (Å²) in [4.78, 5) is 0. The number of ether oxygens (including phenoxy) is 1. The van der Waals surface area contributed by atoms with E-state index in [1.54, 1.807) is 0 Å². The van der Waals surface area contributed by atoms with Crippen molar-refractivity contribution in [3.05, 3.63) is 33.2 Å². The normalized spacial score (nSPS) is 10.5. The van der Waals surface area contributed by atoms with Crippen molar-refractivity contribution in [3.8, 4) is 5.75 Å². The average molecular weight is 322 g/mol. The summed E-state index contributed by atoms with van der Waals surface area (Å²) in [7, 11) is 0. The molecule has 0 atom stereocenters. The highest BCUT2D eigenvalue weighted by atomic mass is 79.9. The summed E-state index contributed by atoms with van der Waals surface area (Å²) in [5.41, 5.74) is 5.38. The quantitative estimate of drug-likeness (QED) is 0.944. The molecule has 0 amide bonds. The average Bonchev–Trinajstić information content (AvgIpc) is 2.62. The predicted molar refractivity (Wildman–Crippen MR) is 62.7 cm³/mol. The molecule has 0 aliphatic carbocycles. The van der Waals surface area contributed by atoms with Gasteiger partial charge in [-0.2, -0.15) is 0 Å². The third kappa shape index (κ3) is 2.89. The van der Waals surface area contributed by atoms with Gasteiger partial charge in [-0.05, 0) is 22.0 Å². The minimum Gasteiger partial charge on any atom is -0.482 e. The van der Waals surface area contributed by atoms with Gasteiger partial charge in [0.2, 0.25) is 5.13 Å². The number of nitrogens with two attached hydrogens (primary N) is 1. The lowest BCUT2D eigenvalue weighted by Crippen LogP contribution is -1.98. The van der Waals surface area contributed by atoms with E-state index in [1.807, 2.05) is 0 Å². The predicted octanol–water partition coefficient (Wildman–Crippen LogP) is 2.74. The fourth-order valence-electron chi connectivity index (χ4n) is 1.13. The van der Waals surface area contributed by atoms with Gasteiger partial charge in [-0.3, -0.25) is 0 Å². The molecule has 2 rings (SSSR count). The number of nitrogen functional groups attached to an aromatic ring is 1. The van der Waals surface area contributed by atoms with E-state index in [2.05, 4.69) is 26.1 Å². The van der Waals surface area contributed by atoms with Crippen molar-refractivity contribution in [2.45, 2.75) is 6.61 Å². The summed E-state index contributed by atoms with van der Waals surface area (Å²) in [6, 6.07) is 1.86. The summed E-state index contributed by atoms with van der Waals surface area (Å²) in [5, 5.41) is 8.12. The molecule has 17 heavy (non-hydrogen) atoms. The smallest absolute Gasteiger partial charge is 0.203 e. The third-order valence-electron chi connectivity index (χ3n) is 1.79. The number of hydrogen-bond donors (Lipinski definition) is 1. The zero-order valence-electron chi connectivity index (χ0n) is 8.28. The van der Waals surface area contributed by atoms with Gasteiger partial charge < -0.3 is 10.5 Å². The summed E-state index contributed by atoms with van der Waals surface area (Å²) in [6.07, 6.45) is 0. The number of nitrogens with zero attached hydrogens (tertiary/aromatic N) is 2. The molecule has 0 saturated carbocycles. The molecule has 0 saturated heterocycles. The van der Waals surface area contributed by atoms with Crippen LogP contribution in [0.1, 0.15) is 5.01 Å². The highest BCUT2D eigenvalue weighted by Crippen LogP contribution is 2.30. The van der Waals surface area contributed by atoms with Gasteiger partial charge >= 0.3 is 0 Å². The Hall–Kier alpha value is -1.28. The van der Waals surface area contributed by atoms with Crippen molar-refractivity contribution in [1.82, 2.24) is 10.2 Å². The molecular formula is C9H6BrF2N3OS. The van der Waals surface area contributed by atoms with Gasteiger partial charge in [0.15, 0.2) is 16.6 Å². The lowest BCUT2D eigenvalue weighted by atomic mass is 10.3. The van der Waals surface area contributed by atoms with E-state index >= 15 is 0 Å². The highest BCUT2D eigenvalue weighted by molar-refractivity contribution is 9.10. The fourth-order valence-corrected chi connectivity index (χ4v) is 2.17. The second-order valence-electron chi connectivity index (χ2n) is 3.02. The Labute approximate surface area is 108 Å². The first kappa shape index (κ1) is 12.2. The largest absolute Gasteiger partial charge is 0.482 e. The van der Waals surface area contributed by atoms with Crippen molar-refractivity contribution in [3.63, 3.8) is 0 Å². The van der Waals surface area contributed by atoms with E-state index in [0.29, 0.717) is 10.1 Å². The molecule has 1 aromatic carbocycles. The van der Waals surface area contributed by atoms with Crippen molar-refractivity contribution in [2.75, 3.05) is 5.73 Å². The van der Waals surface area contributed by atoms with Crippen molar-refractivity contribution >= 4 is 32.4 Å². The molecule has 2 N–H and O–H groups in total. The Kier molecular flexibility index (Phi) is 3.53. The van der Waals surface area contributed by atoms with Gasteiger partial charge in [-0.25, -0.2) is 8.78 Å². The van der Waals surface area contributed by atoms with Crippen molar-refractivity contribution in [2.24, 2.45) is 0 Å². The third-order valence-corrected chi connectivity index (χ3v) is 3.10. The van der Waals surface area contributed by atoms with Gasteiger partial charge in [-0.1, -0.05) is 11.3 Å². The first-order valence-corrected chi connectivity index (χ1v) is 6.02. The van der Waals surface area contributed by atoms with Crippen LogP contribution in [0.15, 0.2) is 16.6 Å². The minimum absolute atomic E-state index is 0.0238. The fraction of sp³-hybridized carbons (Fsp3) is 0.111. The standard InChI is InChI=1S/C9H6BrF2N3OS/c10-5-1-4(11)2-6(12)8(5)16-3-7-14-15-9(13)17-7/h1-2H,3H2,(H2,13,15). The number of rotatable bonds is 3.